The molecule has 0 aromatic heterocycles. The van der Waals surface area contributed by atoms with E-state index in [4.69, 9.17) is 23.7 Å². The number of hydrogen-bond donors (Lipinski definition) is 4. The Balaban J connectivity index is 1.57. The molecule has 0 radical (unpaired) electrons. The molecule has 0 spiro atoms. The Morgan fingerprint density at radius 3 is 2.07 bits per heavy atom. The largest absolute Gasteiger partial charge is 0.508 e. The lowest BCUT2D eigenvalue weighted by atomic mass is 9.71. The fourth-order valence-electron chi connectivity index (χ4n) is 6.30. The average molecular weight is 573 g/mol. The van der Waals surface area contributed by atoms with Crippen molar-refractivity contribution in [2.24, 2.45) is 0 Å². The molecule has 0 bridgehead atoms. The highest BCUT2D eigenvalue weighted by Gasteiger charge is 2.40. The molecule has 2 aliphatic heterocycles. The van der Waals surface area contributed by atoms with Crippen molar-refractivity contribution in [3.63, 3.8) is 0 Å². The summed E-state index contributed by atoms with van der Waals surface area (Å²) in [7, 11) is 4.52. The molecule has 42 heavy (non-hydrogen) atoms. The predicted octanol–water partition coefficient (Wildman–Crippen LogP) is 5.56. The van der Waals surface area contributed by atoms with Gasteiger partial charge in [-0.3, -0.25) is 0 Å². The van der Waals surface area contributed by atoms with Crippen molar-refractivity contribution in [3.8, 4) is 51.7 Å². The zero-order valence-corrected chi connectivity index (χ0v) is 23.5. The van der Waals surface area contributed by atoms with Crippen molar-refractivity contribution in [3.05, 3.63) is 88.5 Å². The smallest absolute Gasteiger partial charge is 0.201 e. The van der Waals surface area contributed by atoms with Gasteiger partial charge in [0.1, 0.15) is 34.5 Å². The number of aromatic hydroxyl groups is 4. The molecule has 3 atom stereocenters. The molecule has 4 aromatic carbocycles. The van der Waals surface area contributed by atoms with Crippen LogP contribution in [0.5, 0.6) is 51.7 Å². The summed E-state index contributed by atoms with van der Waals surface area (Å²) in [6.07, 6.45) is 0.609. The van der Waals surface area contributed by atoms with Gasteiger partial charge in [0.05, 0.1) is 34.5 Å². The van der Waals surface area contributed by atoms with Crippen molar-refractivity contribution in [1.82, 2.24) is 0 Å². The number of ether oxygens (including phenoxy) is 5. The Hall–Kier alpha value is -4.92. The van der Waals surface area contributed by atoms with Crippen molar-refractivity contribution >= 4 is 0 Å². The quantitative estimate of drug-likeness (QED) is 0.235. The lowest BCUT2D eigenvalue weighted by Crippen LogP contribution is -2.28. The van der Waals surface area contributed by atoms with Gasteiger partial charge >= 0.3 is 0 Å². The molecule has 0 amide bonds. The number of phenolic OH excluding ortho intramolecular Hbond substituents is 4. The van der Waals surface area contributed by atoms with E-state index in [0.29, 0.717) is 35.8 Å². The molecule has 9 heteroatoms. The second-order valence-corrected chi connectivity index (χ2v) is 10.5. The second-order valence-electron chi connectivity index (χ2n) is 10.5. The predicted molar refractivity (Wildman–Crippen MR) is 154 cm³/mol. The average Bonchev–Trinajstić information content (AvgIpc) is 2.99. The number of phenols is 4. The SMILES string of the molecule is COc1ccc(C2COc3cc(O)ccc3C2c2c(OC)cc(O)cc2C2COc3cc(O)ccc3C2)c(OC)c1O. The highest BCUT2D eigenvalue weighted by Crippen LogP contribution is 2.55. The van der Waals surface area contributed by atoms with Crippen molar-refractivity contribution in [2.45, 2.75) is 24.2 Å². The summed E-state index contributed by atoms with van der Waals surface area (Å²) in [5.74, 6) is 1.38. The van der Waals surface area contributed by atoms with Crippen LogP contribution < -0.4 is 23.7 Å². The van der Waals surface area contributed by atoms with Gasteiger partial charge in [-0.2, -0.15) is 0 Å². The zero-order valence-electron chi connectivity index (χ0n) is 23.5. The molecular weight excluding hydrogens is 540 g/mol. The van der Waals surface area contributed by atoms with Gasteiger partial charge in [0.15, 0.2) is 11.5 Å². The molecule has 6 rings (SSSR count). The van der Waals surface area contributed by atoms with Gasteiger partial charge in [0.25, 0.3) is 0 Å². The molecule has 9 nitrogen and oxygen atoms in total. The van der Waals surface area contributed by atoms with E-state index in [9.17, 15) is 20.4 Å². The van der Waals surface area contributed by atoms with E-state index in [2.05, 4.69) is 0 Å². The maximum absolute atomic E-state index is 11.0. The Morgan fingerprint density at radius 1 is 0.643 bits per heavy atom. The first-order valence-corrected chi connectivity index (χ1v) is 13.6. The summed E-state index contributed by atoms with van der Waals surface area (Å²) < 4.78 is 29.2. The highest BCUT2D eigenvalue weighted by molar-refractivity contribution is 5.62. The molecular formula is C33H32O9. The standard InChI is InChI=1S/C33H32O9/c1-38-26-9-8-22(33(40-3)32(26)37)25-16-42-28-13-20(35)6-7-23(28)30(25)31-24(11-21(36)14-29(31)39-2)18-10-17-4-5-19(34)12-27(17)41-15-18/h4-9,11-14,18,25,30,34-37H,10,15-16H2,1-3H3. The topological polar surface area (TPSA) is 127 Å². The maximum atomic E-state index is 11.0. The molecule has 3 unspecified atom stereocenters. The summed E-state index contributed by atoms with van der Waals surface area (Å²) in [6.45, 7) is 0.523. The summed E-state index contributed by atoms with van der Waals surface area (Å²) in [6, 6.07) is 17.0. The van der Waals surface area contributed by atoms with E-state index in [1.807, 2.05) is 18.2 Å². The fourth-order valence-corrected chi connectivity index (χ4v) is 6.30. The van der Waals surface area contributed by atoms with Crippen LogP contribution in [0.3, 0.4) is 0 Å². The third-order valence-corrected chi connectivity index (χ3v) is 8.19. The van der Waals surface area contributed by atoms with E-state index in [1.165, 1.54) is 14.2 Å². The molecule has 4 N–H and O–H groups in total. The van der Waals surface area contributed by atoms with E-state index in [1.54, 1.807) is 49.6 Å². The first-order chi connectivity index (χ1) is 20.3. The lowest BCUT2D eigenvalue weighted by Gasteiger charge is -2.38. The van der Waals surface area contributed by atoms with E-state index < -0.39 is 5.92 Å². The Labute approximate surface area is 243 Å². The number of methoxy groups -OCH3 is 3. The lowest BCUT2D eigenvalue weighted by molar-refractivity contribution is 0.237. The van der Waals surface area contributed by atoms with Crippen LogP contribution >= 0.6 is 0 Å². The van der Waals surface area contributed by atoms with Crippen LogP contribution in [0.25, 0.3) is 0 Å². The van der Waals surface area contributed by atoms with Crippen LogP contribution in [-0.4, -0.2) is 55.0 Å². The number of fused-ring (bicyclic) bond motifs is 2. The molecule has 0 aliphatic carbocycles. The van der Waals surface area contributed by atoms with Crippen molar-refractivity contribution < 1.29 is 44.1 Å². The first kappa shape index (κ1) is 27.3. The van der Waals surface area contributed by atoms with Crippen LogP contribution in [0.1, 0.15) is 45.6 Å². The van der Waals surface area contributed by atoms with Crippen LogP contribution in [-0.2, 0) is 6.42 Å². The zero-order chi connectivity index (χ0) is 29.5. The van der Waals surface area contributed by atoms with Gasteiger partial charge in [-0.05, 0) is 41.8 Å². The van der Waals surface area contributed by atoms with Crippen molar-refractivity contribution in [2.75, 3.05) is 34.5 Å². The van der Waals surface area contributed by atoms with E-state index in [0.717, 1.165) is 22.3 Å². The van der Waals surface area contributed by atoms with Crippen LogP contribution in [0.4, 0.5) is 0 Å². The molecule has 2 aliphatic rings. The third-order valence-electron chi connectivity index (χ3n) is 8.19. The minimum absolute atomic E-state index is 0.0521. The fraction of sp³-hybridized carbons (Fsp3) is 0.273. The molecule has 4 aromatic rings. The van der Waals surface area contributed by atoms with Crippen LogP contribution in [0, 0.1) is 0 Å². The van der Waals surface area contributed by atoms with Gasteiger partial charge in [0.2, 0.25) is 5.75 Å². The first-order valence-electron chi connectivity index (χ1n) is 13.6. The Bertz CT molecular complexity index is 1650. The molecule has 0 saturated heterocycles. The summed E-state index contributed by atoms with van der Waals surface area (Å²) in [5, 5.41) is 42.0. The second kappa shape index (κ2) is 10.8. The van der Waals surface area contributed by atoms with Crippen molar-refractivity contribution in [1.29, 1.82) is 0 Å². The third kappa shape index (κ3) is 4.60. The van der Waals surface area contributed by atoms with E-state index in [-0.39, 0.29) is 52.9 Å². The van der Waals surface area contributed by atoms with Gasteiger partial charge in [-0.25, -0.2) is 0 Å². The normalized spacial score (nSPS) is 19.1. The van der Waals surface area contributed by atoms with Crippen LogP contribution in [0.15, 0.2) is 60.7 Å². The molecule has 0 fully saturated rings. The van der Waals surface area contributed by atoms with Gasteiger partial charge in [-0.15, -0.1) is 0 Å². The van der Waals surface area contributed by atoms with Crippen LogP contribution in [0.2, 0.25) is 0 Å². The maximum Gasteiger partial charge on any atom is 0.201 e. The number of benzene rings is 4. The van der Waals surface area contributed by atoms with Gasteiger partial charge < -0.3 is 44.1 Å². The number of rotatable bonds is 6. The monoisotopic (exact) mass is 572 g/mol. The molecule has 218 valence electrons. The summed E-state index contributed by atoms with van der Waals surface area (Å²) >= 11 is 0. The van der Waals surface area contributed by atoms with Gasteiger partial charge in [0, 0.05) is 52.6 Å². The molecule has 0 saturated carbocycles. The summed E-state index contributed by atoms with van der Waals surface area (Å²) in [4.78, 5) is 0. The van der Waals surface area contributed by atoms with Gasteiger partial charge in [-0.1, -0.05) is 18.2 Å². The molecule has 2 heterocycles. The Kier molecular flexibility index (Phi) is 7.02. The minimum Gasteiger partial charge on any atom is -0.508 e. The highest BCUT2D eigenvalue weighted by atomic mass is 16.5. The minimum atomic E-state index is -0.400. The Morgan fingerprint density at radius 2 is 1.33 bits per heavy atom. The van der Waals surface area contributed by atoms with E-state index >= 15 is 0 Å². The summed E-state index contributed by atoms with van der Waals surface area (Å²) in [5.41, 5.74) is 4.09. The number of hydrogen-bond acceptors (Lipinski definition) is 9.